The Balaban J connectivity index is 1.36. The van der Waals surface area contributed by atoms with Crippen LogP contribution in [-0.2, 0) is 17.8 Å². The summed E-state index contributed by atoms with van der Waals surface area (Å²) in [6.07, 6.45) is 2.57. The summed E-state index contributed by atoms with van der Waals surface area (Å²) in [6, 6.07) is 22.7. The van der Waals surface area contributed by atoms with Crippen LogP contribution in [0.3, 0.4) is 0 Å². The van der Waals surface area contributed by atoms with Crippen molar-refractivity contribution in [3.05, 3.63) is 78.5 Å². The van der Waals surface area contributed by atoms with E-state index in [9.17, 15) is 9.90 Å². The summed E-state index contributed by atoms with van der Waals surface area (Å²) < 4.78 is 8.44. The number of carboxylic acids is 1. The maximum atomic E-state index is 11.2. The van der Waals surface area contributed by atoms with E-state index in [-0.39, 0.29) is 6.42 Å². The molecule has 2 aromatic heterocycles. The number of benzene rings is 3. The first kappa shape index (κ1) is 18.3. The third kappa shape index (κ3) is 3.18. The lowest BCUT2D eigenvalue weighted by Crippen LogP contribution is -2.05. The zero-order valence-electron chi connectivity index (χ0n) is 16.5. The maximum absolute atomic E-state index is 11.2. The molecular weight excluding hydrogens is 376 g/mol. The van der Waals surface area contributed by atoms with Crippen LogP contribution >= 0.6 is 0 Å². The number of hydrogen-bond donors (Lipinski definition) is 2. The number of nitrogens with zero attached hydrogens (tertiary/aromatic N) is 1. The Morgan fingerprint density at radius 1 is 0.933 bits per heavy atom. The van der Waals surface area contributed by atoms with Crippen molar-refractivity contribution in [3.8, 4) is 5.75 Å². The molecule has 0 spiro atoms. The minimum atomic E-state index is -0.850. The molecule has 0 bridgehead atoms. The first-order valence-corrected chi connectivity index (χ1v) is 10.1. The van der Waals surface area contributed by atoms with Crippen LogP contribution in [0.4, 0.5) is 0 Å². The van der Waals surface area contributed by atoms with Gasteiger partial charge in [0.1, 0.15) is 5.75 Å². The highest BCUT2D eigenvalue weighted by Crippen LogP contribution is 2.30. The van der Waals surface area contributed by atoms with Crippen molar-refractivity contribution in [1.29, 1.82) is 0 Å². The number of fused-ring (bicyclic) bond motifs is 4. The fourth-order valence-electron chi connectivity index (χ4n) is 4.29. The van der Waals surface area contributed by atoms with Gasteiger partial charge in [-0.05, 0) is 36.2 Å². The molecule has 30 heavy (non-hydrogen) atoms. The lowest BCUT2D eigenvalue weighted by atomic mass is 10.1. The highest BCUT2D eigenvalue weighted by atomic mass is 16.5. The van der Waals surface area contributed by atoms with E-state index < -0.39 is 5.97 Å². The van der Waals surface area contributed by atoms with Gasteiger partial charge in [0.15, 0.2) is 0 Å². The standard InChI is InChI=1S/C25H22N2O3/c28-24(29)15-17-16-26-20-9-5-12-23(25(17)20)30-14-6-13-27-21-10-3-1-7-18(21)19-8-2-4-11-22(19)27/h1-5,7-12,16,26H,6,13-15H2,(H,28,29). The summed E-state index contributed by atoms with van der Waals surface area (Å²) in [5.41, 5.74) is 4.10. The van der Waals surface area contributed by atoms with Crippen LogP contribution in [-0.4, -0.2) is 27.2 Å². The van der Waals surface area contributed by atoms with E-state index in [0.29, 0.717) is 6.61 Å². The predicted octanol–water partition coefficient (Wildman–Crippen LogP) is 5.37. The smallest absolute Gasteiger partial charge is 0.307 e. The lowest BCUT2D eigenvalue weighted by molar-refractivity contribution is -0.136. The molecule has 0 unspecified atom stereocenters. The number of para-hydroxylation sites is 2. The fourth-order valence-corrected chi connectivity index (χ4v) is 4.29. The van der Waals surface area contributed by atoms with Gasteiger partial charge in [-0.3, -0.25) is 4.79 Å². The van der Waals surface area contributed by atoms with Crippen molar-refractivity contribution >= 4 is 38.7 Å². The van der Waals surface area contributed by atoms with Gasteiger partial charge in [-0.1, -0.05) is 42.5 Å². The Hall–Kier alpha value is -3.73. The Labute approximate surface area is 173 Å². The Morgan fingerprint density at radius 3 is 2.33 bits per heavy atom. The van der Waals surface area contributed by atoms with Gasteiger partial charge in [0.25, 0.3) is 0 Å². The minimum Gasteiger partial charge on any atom is -0.493 e. The molecule has 5 heteroatoms. The molecule has 5 nitrogen and oxygen atoms in total. The van der Waals surface area contributed by atoms with E-state index in [2.05, 4.69) is 58.1 Å². The highest BCUT2D eigenvalue weighted by Gasteiger charge is 2.13. The molecule has 5 rings (SSSR count). The van der Waals surface area contributed by atoms with E-state index in [0.717, 1.165) is 35.2 Å². The predicted molar refractivity (Wildman–Crippen MR) is 119 cm³/mol. The van der Waals surface area contributed by atoms with Crippen LogP contribution in [0.5, 0.6) is 5.75 Å². The SMILES string of the molecule is O=C(O)Cc1c[nH]c2cccc(OCCCn3c4ccccc4c4ccccc43)c12. The summed E-state index contributed by atoms with van der Waals surface area (Å²) in [4.78, 5) is 14.3. The zero-order valence-corrected chi connectivity index (χ0v) is 16.5. The van der Waals surface area contributed by atoms with Gasteiger partial charge >= 0.3 is 5.97 Å². The molecule has 0 fully saturated rings. The van der Waals surface area contributed by atoms with Gasteiger partial charge in [-0.15, -0.1) is 0 Å². The number of aromatic nitrogens is 2. The van der Waals surface area contributed by atoms with Crippen LogP contribution in [0.1, 0.15) is 12.0 Å². The second-order valence-electron chi connectivity index (χ2n) is 7.45. The molecule has 0 atom stereocenters. The van der Waals surface area contributed by atoms with Crippen LogP contribution in [0.25, 0.3) is 32.7 Å². The number of H-pyrrole nitrogens is 1. The van der Waals surface area contributed by atoms with E-state index >= 15 is 0 Å². The molecule has 5 aromatic rings. The van der Waals surface area contributed by atoms with Crippen LogP contribution < -0.4 is 4.74 Å². The highest BCUT2D eigenvalue weighted by molar-refractivity contribution is 6.07. The normalized spacial score (nSPS) is 11.5. The quantitative estimate of drug-likeness (QED) is 0.362. The van der Waals surface area contributed by atoms with Crippen molar-refractivity contribution in [1.82, 2.24) is 9.55 Å². The minimum absolute atomic E-state index is 0.0261. The number of rotatable bonds is 7. The molecule has 0 aliphatic rings. The number of aliphatic carboxylic acids is 1. The maximum Gasteiger partial charge on any atom is 0.307 e. The number of hydrogen-bond acceptors (Lipinski definition) is 2. The average molecular weight is 398 g/mol. The van der Waals surface area contributed by atoms with Gasteiger partial charge in [0.05, 0.1) is 13.0 Å². The number of nitrogens with one attached hydrogen (secondary N) is 1. The zero-order chi connectivity index (χ0) is 20.5. The van der Waals surface area contributed by atoms with E-state index in [1.807, 2.05) is 18.2 Å². The summed E-state index contributed by atoms with van der Waals surface area (Å²) in [7, 11) is 0. The summed E-state index contributed by atoms with van der Waals surface area (Å²) in [6.45, 7) is 1.40. The molecule has 2 heterocycles. The topological polar surface area (TPSA) is 67.2 Å². The monoisotopic (exact) mass is 398 g/mol. The van der Waals surface area contributed by atoms with Crippen LogP contribution in [0.2, 0.25) is 0 Å². The summed E-state index contributed by atoms with van der Waals surface area (Å²) in [5.74, 6) is -0.121. The number of carboxylic acid groups (broad SMARTS) is 1. The molecule has 3 aromatic carbocycles. The van der Waals surface area contributed by atoms with Crippen molar-refractivity contribution in [2.24, 2.45) is 0 Å². The summed E-state index contributed by atoms with van der Waals surface area (Å²) in [5, 5.41) is 12.6. The lowest BCUT2D eigenvalue weighted by Gasteiger charge is -2.11. The Bertz CT molecular complexity index is 1310. The molecule has 150 valence electrons. The van der Waals surface area contributed by atoms with Gasteiger partial charge in [0, 0.05) is 45.5 Å². The fraction of sp³-hybridized carbons (Fsp3) is 0.160. The Morgan fingerprint density at radius 2 is 1.63 bits per heavy atom. The van der Waals surface area contributed by atoms with Crippen molar-refractivity contribution in [2.45, 2.75) is 19.4 Å². The number of aryl methyl sites for hydroxylation is 1. The second kappa shape index (κ2) is 7.59. The van der Waals surface area contributed by atoms with E-state index in [1.54, 1.807) is 6.20 Å². The molecule has 0 aliphatic heterocycles. The molecule has 0 aliphatic carbocycles. The van der Waals surface area contributed by atoms with E-state index in [4.69, 9.17) is 4.74 Å². The van der Waals surface area contributed by atoms with Crippen LogP contribution in [0, 0.1) is 0 Å². The molecule has 2 N–H and O–H groups in total. The van der Waals surface area contributed by atoms with Crippen molar-refractivity contribution < 1.29 is 14.6 Å². The third-order valence-corrected chi connectivity index (χ3v) is 5.55. The number of carbonyl (C=O) groups is 1. The molecule has 0 amide bonds. The first-order valence-electron chi connectivity index (χ1n) is 10.1. The largest absolute Gasteiger partial charge is 0.493 e. The summed E-state index contributed by atoms with van der Waals surface area (Å²) >= 11 is 0. The van der Waals surface area contributed by atoms with Gasteiger partial charge < -0.3 is 19.4 Å². The Kier molecular flexibility index (Phi) is 4.64. The van der Waals surface area contributed by atoms with Gasteiger partial charge in [0.2, 0.25) is 0 Å². The van der Waals surface area contributed by atoms with Crippen LogP contribution in [0.15, 0.2) is 72.9 Å². The average Bonchev–Trinajstić information content (AvgIpc) is 3.31. The number of ether oxygens (including phenoxy) is 1. The van der Waals surface area contributed by atoms with E-state index in [1.165, 1.54) is 21.8 Å². The number of aromatic amines is 1. The second-order valence-corrected chi connectivity index (χ2v) is 7.45. The third-order valence-electron chi connectivity index (χ3n) is 5.55. The van der Waals surface area contributed by atoms with Gasteiger partial charge in [-0.2, -0.15) is 0 Å². The molecule has 0 saturated carbocycles. The first-order chi connectivity index (χ1) is 14.7. The molecule has 0 saturated heterocycles. The van der Waals surface area contributed by atoms with Crippen molar-refractivity contribution in [2.75, 3.05) is 6.61 Å². The van der Waals surface area contributed by atoms with Gasteiger partial charge in [-0.25, -0.2) is 0 Å². The molecular formula is C25H22N2O3. The van der Waals surface area contributed by atoms with Crippen molar-refractivity contribution in [3.63, 3.8) is 0 Å². The molecule has 0 radical (unpaired) electrons.